The van der Waals surface area contributed by atoms with Gasteiger partial charge < -0.3 is 5.73 Å². The van der Waals surface area contributed by atoms with Gasteiger partial charge in [-0.25, -0.2) is 0 Å². The molecule has 1 aromatic heterocycles. The van der Waals surface area contributed by atoms with E-state index >= 15 is 0 Å². The van der Waals surface area contributed by atoms with E-state index in [1.807, 2.05) is 25.1 Å². The van der Waals surface area contributed by atoms with Crippen LogP contribution in [0.5, 0.6) is 0 Å². The number of fused-ring (bicyclic) bond motifs is 1. The van der Waals surface area contributed by atoms with Gasteiger partial charge in [0.05, 0.1) is 10.5 Å². The van der Waals surface area contributed by atoms with Gasteiger partial charge in [-0.3, -0.25) is 4.98 Å². The van der Waals surface area contributed by atoms with Crippen LogP contribution in [-0.4, -0.2) is 11.5 Å². The van der Waals surface area contributed by atoms with E-state index in [2.05, 4.69) is 4.98 Å². The van der Waals surface area contributed by atoms with E-state index in [0.717, 1.165) is 28.6 Å². The molecule has 2 N–H and O–H groups in total. The molecule has 2 aromatic rings. The SMILES string of the molecule is Cc1cc(Cl)c2cc(Cl)cc(CCN)c2n1. The van der Waals surface area contributed by atoms with Crippen molar-refractivity contribution < 1.29 is 0 Å². The topological polar surface area (TPSA) is 38.9 Å². The summed E-state index contributed by atoms with van der Waals surface area (Å²) in [6, 6.07) is 5.58. The molecule has 0 aliphatic rings. The number of nitrogens with zero attached hydrogens (tertiary/aromatic N) is 1. The summed E-state index contributed by atoms with van der Waals surface area (Å²) in [5.41, 5.74) is 8.43. The Morgan fingerprint density at radius 2 is 2.00 bits per heavy atom. The molecule has 0 bridgehead atoms. The van der Waals surface area contributed by atoms with Crippen molar-refractivity contribution in [2.75, 3.05) is 6.54 Å². The largest absolute Gasteiger partial charge is 0.330 e. The van der Waals surface area contributed by atoms with Gasteiger partial charge in [-0.05, 0) is 43.7 Å². The fourth-order valence-corrected chi connectivity index (χ4v) is 2.33. The minimum atomic E-state index is 0.572. The van der Waals surface area contributed by atoms with Gasteiger partial charge in [-0.2, -0.15) is 0 Å². The van der Waals surface area contributed by atoms with Crippen molar-refractivity contribution in [1.82, 2.24) is 4.98 Å². The lowest BCUT2D eigenvalue weighted by Crippen LogP contribution is -2.04. The van der Waals surface area contributed by atoms with Crippen LogP contribution >= 0.6 is 23.2 Å². The highest BCUT2D eigenvalue weighted by Gasteiger charge is 2.08. The van der Waals surface area contributed by atoms with Crippen LogP contribution in [0, 0.1) is 6.92 Å². The van der Waals surface area contributed by atoms with Gasteiger partial charge in [0, 0.05) is 16.1 Å². The summed E-state index contributed by atoms with van der Waals surface area (Å²) < 4.78 is 0. The summed E-state index contributed by atoms with van der Waals surface area (Å²) in [5, 5.41) is 2.25. The molecular formula is C12H12Cl2N2. The van der Waals surface area contributed by atoms with Crippen molar-refractivity contribution in [3.8, 4) is 0 Å². The Morgan fingerprint density at radius 1 is 1.25 bits per heavy atom. The predicted molar refractivity (Wildman–Crippen MR) is 69.3 cm³/mol. The second kappa shape index (κ2) is 4.58. The van der Waals surface area contributed by atoms with Crippen LogP contribution in [0.3, 0.4) is 0 Å². The number of halogens is 2. The molecule has 0 amide bonds. The number of aryl methyl sites for hydroxylation is 1. The number of hydrogen-bond donors (Lipinski definition) is 1. The number of hydrogen-bond acceptors (Lipinski definition) is 2. The molecule has 0 radical (unpaired) electrons. The van der Waals surface area contributed by atoms with Crippen LogP contribution < -0.4 is 5.73 Å². The first-order valence-electron chi connectivity index (χ1n) is 5.07. The minimum absolute atomic E-state index is 0.572. The van der Waals surface area contributed by atoms with Crippen molar-refractivity contribution in [3.05, 3.63) is 39.5 Å². The standard InChI is InChI=1S/C12H12Cl2N2/c1-7-4-11(14)10-6-9(13)5-8(2-3-15)12(10)16-7/h4-6H,2-3,15H2,1H3. The van der Waals surface area contributed by atoms with Crippen molar-refractivity contribution in [3.63, 3.8) is 0 Å². The Hall–Kier alpha value is -0.830. The second-order valence-corrected chi connectivity index (χ2v) is 4.59. The van der Waals surface area contributed by atoms with E-state index in [9.17, 15) is 0 Å². The average Bonchev–Trinajstić information content (AvgIpc) is 2.20. The Balaban J connectivity index is 2.78. The zero-order valence-electron chi connectivity index (χ0n) is 8.93. The maximum absolute atomic E-state index is 6.18. The Morgan fingerprint density at radius 3 is 2.69 bits per heavy atom. The molecule has 0 unspecified atom stereocenters. The highest BCUT2D eigenvalue weighted by molar-refractivity contribution is 6.36. The van der Waals surface area contributed by atoms with Gasteiger partial charge in [0.1, 0.15) is 0 Å². The summed E-state index contributed by atoms with van der Waals surface area (Å²) in [6.45, 7) is 2.49. The molecule has 0 saturated heterocycles. The van der Waals surface area contributed by atoms with Crippen LogP contribution in [0.15, 0.2) is 18.2 Å². The zero-order chi connectivity index (χ0) is 11.7. The van der Waals surface area contributed by atoms with Crippen LogP contribution in [0.4, 0.5) is 0 Å². The first-order valence-corrected chi connectivity index (χ1v) is 5.82. The third-order valence-electron chi connectivity index (χ3n) is 2.45. The van der Waals surface area contributed by atoms with E-state index in [0.29, 0.717) is 16.6 Å². The van der Waals surface area contributed by atoms with Gasteiger partial charge in [-0.15, -0.1) is 0 Å². The van der Waals surface area contributed by atoms with Crippen LogP contribution in [0.1, 0.15) is 11.3 Å². The molecule has 1 heterocycles. The molecule has 16 heavy (non-hydrogen) atoms. The van der Waals surface area contributed by atoms with E-state index in [-0.39, 0.29) is 0 Å². The lowest BCUT2D eigenvalue weighted by atomic mass is 10.1. The third kappa shape index (κ3) is 2.14. The fraction of sp³-hybridized carbons (Fsp3) is 0.250. The summed E-state index contributed by atoms with van der Waals surface area (Å²) in [4.78, 5) is 4.50. The lowest BCUT2D eigenvalue weighted by molar-refractivity contribution is 0.972. The molecule has 2 nitrogen and oxygen atoms in total. The summed E-state index contributed by atoms with van der Waals surface area (Å²) in [5.74, 6) is 0. The van der Waals surface area contributed by atoms with Crippen molar-refractivity contribution in [1.29, 1.82) is 0 Å². The van der Waals surface area contributed by atoms with Crippen molar-refractivity contribution in [2.45, 2.75) is 13.3 Å². The lowest BCUT2D eigenvalue weighted by Gasteiger charge is -2.08. The molecule has 0 aliphatic carbocycles. The third-order valence-corrected chi connectivity index (χ3v) is 2.98. The molecule has 4 heteroatoms. The quantitative estimate of drug-likeness (QED) is 0.893. The summed E-state index contributed by atoms with van der Waals surface area (Å²) in [7, 11) is 0. The Kier molecular flexibility index (Phi) is 3.33. The maximum Gasteiger partial charge on any atom is 0.0753 e. The van der Waals surface area contributed by atoms with Crippen molar-refractivity contribution >= 4 is 34.1 Å². The average molecular weight is 255 g/mol. The molecule has 0 aliphatic heterocycles. The number of pyridine rings is 1. The molecule has 0 saturated carbocycles. The Bertz CT molecular complexity index is 538. The van der Waals surface area contributed by atoms with Crippen LogP contribution in [0.2, 0.25) is 10.0 Å². The van der Waals surface area contributed by atoms with E-state index in [1.165, 1.54) is 0 Å². The highest BCUT2D eigenvalue weighted by atomic mass is 35.5. The van der Waals surface area contributed by atoms with E-state index in [4.69, 9.17) is 28.9 Å². The maximum atomic E-state index is 6.18. The molecule has 84 valence electrons. The highest BCUT2D eigenvalue weighted by Crippen LogP contribution is 2.29. The fourth-order valence-electron chi connectivity index (χ4n) is 1.79. The molecular weight excluding hydrogens is 243 g/mol. The number of benzene rings is 1. The number of nitrogens with two attached hydrogens (primary N) is 1. The van der Waals surface area contributed by atoms with Gasteiger partial charge in [0.15, 0.2) is 0 Å². The molecule has 0 fully saturated rings. The van der Waals surface area contributed by atoms with Crippen LogP contribution in [0.25, 0.3) is 10.9 Å². The minimum Gasteiger partial charge on any atom is -0.330 e. The zero-order valence-corrected chi connectivity index (χ0v) is 10.4. The van der Waals surface area contributed by atoms with Gasteiger partial charge in [-0.1, -0.05) is 23.2 Å². The summed E-state index contributed by atoms with van der Waals surface area (Å²) in [6.07, 6.45) is 0.754. The number of rotatable bonds is 2. The number of aromatic nitrogens is 1. The monoisotopic (exact) mass is 254 g/mol. The second-order valence-electron chi connectivity index (χ2n) is 3.75. The molecule has 0 spiro atoms. The van der Waals surface area contributed by atoms with Gasteiger partial charge in [0.25, 0.3) is 0 Å². The van der Waals surface area contributed by atoms with Gasteiger partial charge in [0.2, 0.25) is 0 Å². The molecule has 0 atom stereocenters. The van der Waals surface area contributed by atoms with E-state index in [1.54, 1.807) is 0 Å². The predicted octanol–water partition coefficient (Wildman–Crippen LogP) is 3.35. The molecule has 1 aromatic carbocycles. The molecule has 2 rings (SSSR count). The van der Waals surface area contributed by atoms with E-state index < -0.39 is 0 Å². The van der Waals surface area contributed by atoms with Gasteiger partial charge >= 0.3 is 0 Å². The smallest absolute Gasteiger partial charge is 0.0753 e. The summed E-state index contributed by atoms with van der Waals surface area (Å²) >= 11 is 12.2. The van der Waals surface area contributed by atoms with Crippen LogP contribution in [-0.2, 0) is 6.42 Å². The van der Waals surface area contributed by atoms with Crippen molar-refractivity contribution in [2.24, 2.45) is 5.73 Å². The Labute approximate surface area is 104 Å². The first-order chi connectivity index (χ1) is 7.61. The normalized spacial score (nSPS) is 11.0. The first kappa shape index (κ1) is 11.6.